The molecular weight excluding hydrogens is 404 g/mol. The van der Waals surface area contributed by atoms with Crippen molar-refractivity contribution in [1.82, 2.24) is 10.2 Å². The van der Waals surface area contributed by atoms with Gasteiger partial charge in [-0.15, -0.1) is 0 Å². The van der Waals surface area contributed by atoms with Crippen molar-refractivity contribution in [1.29, 1.82) is 0 Å². The molecule has 9 heteroatoms. The molecule has 0 saturated carbocycles. The van der Waals surface area contributed by atoms with Crippen molar-refractivity contribution in [2.75, 3.05) is 26.6 Å². The molecule has 1 N–H and O–H groups in total. The molecule has 9 nitrogen and oxygen atoms in total. The molecule has 31 heavy (non-hydrogen) atoms. The number of rotatable bonds is 4. The number of fused-ring (bicyclic) bond motifs is 2. The molecule has 2 aromatic rings. The van der Waals surface area contributed by atoms with Gasteiger partial charge in [-0.1, -0.05) is 6.07 Å². The lowest BCUT2D eigenvalue weighted by Gasteiger charge is -2.23. The van der Waals surface area contributed by atoms with Crippen molar-refractivity contribution in [3.05, 3.63) is 47.5 Å². The number of amides is 3. The molecule has 1 atom stereocenters. The number of hydrogen-bond donors (Lipinski definition) is 1. The molecule has 0 spiro atoms. The minimum absolute atomic E-state index is 0.0912. The molecule has 1 saturated heterocycles. The van der Waals surface area contributed by atoms with Gasteiger partial charge in [0.2, 0.25) is 6.79 Å². The maximum atomic E-state index is 13.2. The number of benzene rings is 2. The van der Waals surface area contributed by atoms with E-state index in [0.717, 1.165) is 11.3 Å². The second kappa shape index (κ2) is 7.19. The minimum Gasteiger partial charge on any atom is -0.490 e. The SMILES string of the molecule is C[C@]1(c2ccc3c(c2)OCCCO3)NC(=O)N(CC(=O)c2ccc3c(c2)OCO3)C1=O. The van der Waals surface area contributed by atoms with Crippen LogP contribution in [0.3, 0.4) is 0 Å². The number of Topliss-reactive ketones (excluding diaryl/α,β-unsaturated/α-hetero) is 1. The molecular formula is C22H20N2O7. The van der Waals surface area contributed by atoms with E-state index in [9.17, 15) is 14.4 Å². The lowest BCUT2D eigenvalue weighted by atomic mass is 9.91. The third-order valence-corrected chi connectivity index (χ3v) is 5.60. The molecule has 3 amide bonds. The van der Waals surface area contributed by atoms with Crippen LogP contribution in [0.4, 0.5) is 4.79 Å². The van der Waals surface area contributed by atoms with E-state index in [1.807, 2.05) is 0 Å². The Morgan fingerprint density at radius 1 is 0.968 bits per heavy atom. The molecule has 5 rings (SSSR count). The maximum absolute atomic E-state index is 13.2. The van der Waals surface area contributed by atoms with E-state index in [2.05, 4.69) is 5.32 Å². The van der Waals surface area contributed by atoms with Crippen molar-refractivity contribution in [2.45, 2.75) is 18.9 Å². The molecule has 160 valence electrons. The lowest BCUT2D eigenvalue weighted by Crippen LogP contribution is -2.41. The van der Waals surface area contributed by atoms with E-state index < -0.39 is 17.5 Å². The Labute approximate surface area is 177 Å². The van der Waals surface area contributed by atoms with Crippen LogP contribution in [0, 0.1) is 0 Å². The molecule has 0 radical (unpaired) electrons. The van der Waals surface area contributed by atoms with Crippen LogP contribution < -0.4 is 24.3 Å². The van der Waals surface area contributed by atoms with Crippen LogP contribution in [0.5, 0.6) is 23.0 Å². The maximum Gasteiger partial charge on any atom is 0.325 e. The molecule has 3 aliphatic rings. The van der Waals surface area contributed by atoms with Crippen LogP contribution in [-0.2, 0) is 10.3 Å². The van der Waals surface area contributed by atoms with Crippen LogP contribution in [0.25, 0.3) is 0 Å². The van der Waals surface area contributed by atoms with Crippen molar-refractivity contribution in [3.63, 3.8) is 0 Å². The summed E-state index contributed by atoms with van der Waals surface area (Å²) >= 11 is 0. The van der Waals surface area contributed by atoms with Gasteiger partial charge in [-0.3, -0.25) is 14.5 Å². The highest BCUT2D eigenvalue weighted by molar-refractivity contribution is 6.11. The Morgan fingerprint density at radius 3 is 2.48 bits per heavy atom. The van der Waals surface area contributed by atoms with Gasteiger partial charge in [0.05, 0.1) is 19.8 Å². The second-order valence-electron chi connectivity index (χ2n) is 7.65. The highest BCUT2D eigenvalue weighted by Gasteiger charge is 2.49. The summed E-state index contributed by atoms with van der Waals surface area (Å²) in [5.41, 5.74) is -0.445. The number of ether oxygens (including phenoxy) is 4. The van der Waals surface area contributed by atoms with Gasteiger partial charge in [0, 0.05) is 12.0 Å². The number of ketones is 1. The predicted octanol–water partition coefficient (Wildman–Crippen LogP) is 2.23. The minimum atomic E-state index is -1.32. The third kappa shape index (κ3) is 3.22. The van der Waals surface area contributed by atoms with Crippen LogP contribution in [0.15, 0.2) is 36.4 Å². The summed E-state index contributed by atoms with van der Waals surface area (Å²) in [5, 5.41) is 2.71. The zero-order valence-corrected chi connectivity index (χ0v) is 16.8. The number of nitrogens with one attached hydrogen (secondary N) is 1. The zero-order valence-electron chi connectivity index (χ0n) is 16.8. The first kappa shape index (κ1) is 19.2. The van der Waals surface area contributed by atoms with E-state index in [0.29, 0.717) is 47.3 Å². The topological polar surface area (TPSA) is 103 Å². The number of hydrogen-bond acceptors (Lipinski definition) is 7. The van der Waals surface area contributed by atoms with E-state index in [1.165, 1.54) is 0 Å². The van der Waals surface area contributed by atoms with Crippen LogP contribution in [-0.4, -0.2) is 49.2 Å². The molecule has 2 aromatic carbocycles. The van der Waals surface area contributed by atoms with Gasteiger partial charge in [0.15, 0.2) is 28.8 Å². The molecule has 0 unspecified atom stereocenters. The van der Waals surface area contributed by atoms with Gasteiger partial charge in [-0.25, -0.2) is 4.79 Å². The third-order valence-electron chi connectivity index (χ3n) is 5.60. The van der Waals surface area contributed by atoms with Crippen LogP contribution in [0.1, 0.15) is 29.3 Å². The summed E-state index contributed by atoms with van der Waals surface area (Å²) in [5.74, 6) is 1.23. The summed E-state index contributed by atoms with van der Waals surface area (Å²) in [7, 11) is 0. The molecule has 0 aromatic heterocycles. The van der Waals surface area contributed by atoms with Gasteiger partial charge in [-0.2, -0.15) is 0 Å². The molecule has 0 bridgehead atoms. The van der Waals surface area contributed by atoms with E-state index in [-0.39, 0.29) is 19.1 Å². The number of urea groups is 1. The average Bonchev–Trinajstić information content (AvgIpc) is 3.22. The fourth-order valence-electron chi connectivity index (χ4n) is 3.82. The fraction of sp³-hybridized carbons (Fsp3) is 0.318. The second-order valence-corrected chi connectivity index (χ2v) is 7.65. The Morgan fingerprint density at radius 2 is 1.65 bits per heavy atom. The monoisotopic (exact) mass is 424 g/mol. The van der Waals surface area contributed by atoms with Crippen molar-refractivity contribution >= 4 is 17.7 Å². The lowest BCUT2D eigenvalue weighted by molar-refractivity contribution is -0.130. The van der Waals surface area contributed by atoms with Crippen LogP contribution in [0.2, 0.25) is 0 Å². The van der Waals surface area contributed by atoms with Gasteiger partial charge >= 0.3 is 6.03 Å². The highest BCUT2D eigenvalue weighted by Crippen LogP contribution is 2.37. The smallest absolute Gasteiger partial charge is 0.325 e. The Bertz CT molecular complexity index is 1100. The Kier molecular flexibility index (Phi) is 4.46. The fourth-order valence-corrected chi connectivity index (χ4v) is 3.82. The van der Waals surface area contributed by atoms with Gasteiger partial charge in [0.25, 0.3) is 5.91 Å². The molecule has 3 aliphatic heterocycles. The van der Waals surface area contributed by atoms with Crippen molar-refractivity contribution in [3.8, 4) is 23.0 Å². The summed E-state index contributed by atoms with van der Waals surface area (Å²) in [6, 6.07) is 9.26. The first-order valence-electron chi connectivity index (χ1n) is 9.93. The van der Waals surface area contributed by atoms with Gasteiger partial charge < -0.3 is 24.3 Å². The number of carbonyl (C=O) groups excluding carboxylic acids is 3. The van der Waals surface area contributed by atoms with E-state index in [4.69, 9.17) is 18.9 Å². The molecule has 1 fully saturated rings. The average molecular weight is 424 g/mol. The summed E-state index contributed by atoms with van der Waals surface area (Å²) in [4.78, 5) is 39.5. The van der Waals surface area contributed by atoms with Crippen molar-refractivity contribution in [2.24, 2.45) is 0 Å². The summed E-state index contributed by atoms with van der Waals surface area (Å²) < 4.78 is 21.9. The van der Waals surface area contributed by atoms with E-state index in [1.54, 1.807) is 43.3 Å². The Balaban J connectivity index is 1.38. The van der Waals surface area contributed by atoms with Gasteiger partial charge in [0.1, 0.15) is 5.54 Å². The number of imide groups is 1. The zero-order chi connectivity index (χ0) is 21.6. The summed E-state index contributed by atoms with van der Waals surface area (Å²) in [6.45, 7) is 2.37. The first-order valence-corrected chi connectivity index (χ1v) is 9.93. The van der Waals surface area contributed by atoms with E-state index >= 15 is 0 Å². The normalized spacial score (nSPS) is 21.6. The predicted molar refractivity (Wildman–Crippen MR) is 107 cm³/mol. The Hall–Kier alpha value is -3.75. The standard InChI is InChI=1S/C22H20N2O7/c1-22(14-4-6-16-19(10-14)29-8-2-7-28-16)20(26)24(21(27)23-22)11-15(25)13-3-5-17-18(9-13)31-12-30-17/h3-6,9-10H,2,7-8,11-12H2,1H3,(H,23,27)/t22-/m1/s1. The van der Waals surface area contributed by atoms with Crippen LogP contribution >= 0.6 is 0 Å². The number of nitrogens with zero attached hydrogens (tertiary/aromatic N) is 1. The summed E-state index contributed by atoms with van der Waals surface area (Å²) in [6.07, 6.45) is 0.757. The largest absolute Gasteiger partial charge is 0.490 e. The number of carbonyl (C=O) groups is 3. The highest BCUT2D eigenvalue weighted by atomic mass is 16.7. The van der Waals surface area contributed by atoms with Gasteiger partial charge in [-0.05, 0) is 42.8 Å². The quantitative estimate of drug-likeness (QED) is 0.593. The first-order chi connectivity index (χ1) is 15.0. The molecule has 0 aliphatic carbocycles. The molecule has 3 heterocycles. The van der Waals surface area contributed by atoms with Crippen molar-refractivity contribution < 1.29 is 33.3 Å².